The van der Waals surface area contributed by atoms with Gasteiger partial charge in [-0.15, -0.1) is 0 Å². The molecule has 1 atom stereocenters. The number of ether oxygens (including phenoxy) is 1. The van der Waals surface area contributed by atoms with Gasteiger partial charge in [-0.2, -0.15) is 0 Å². The Balaban J connectivity index is 1.94. The second-order valence-electron chi connectivity index (χ2n) is 5.01. The average Bonchev–Trinajstić information content (AvgIpc) is 2.77. The van der Waals surface area contributed by atoms with Crippen LogP contribution in [0.4, 0.5) is 0 Å². The highest BCUT2D eigenvalue weighted by Gasteiger charge is 2.40. The second kappa shape index (κ2) is 5.14. The van der Waals surface area contributed by atoms with Gasteiger partial charge in [0.25, 0.3) is 5.91 Å². The maximum Gasteiger partial charge on any atom is 0.259 e. The zero-order valence-corrected chi connectivity index (χ0v) is 12.9. The highest BCUT2D eigenvalue weighted by atomic mass is 79.9. The number of hydrogen-bond donors (Lipinski definition) is 1. The highest BCUT2D eigenvalue weighted by molar-refractivity contribution is 9.10. The van der Waals surface area contributed by atoms with Crippen LogP contribution in [0.1, 0.15) is 28.8 Å². The Labute approximate surface area is 129 Å². The van der Waals surface area contributed by atoms with Gasteiger partial charge in [0.15, 0.2) is 0 Å². The van der Waals surface area contributed by atoms with Gasteiger partial charge < -0.3 is 9.64 Å². The Morgan fingerprint density at radius 2 is 2.10 bits per heavy atom. The van der Waals surface area contributed by atoms with E-state index in [0.717, 1.165) is 5.56 Å². The molecule has 2 aliphatic rings. The van der Waals surface area contributed by atoms with E-state index >= 15 is 0 Å². The van der Waals surface area contributed by atoms with Gasteiger partial charge in [-0.1, -0.05) is 6.07 Å². The van der Waals surface area contributed by atoms with Crippen molar-refractivity contribution >= 4 is 33.7 Å². The minimum absolute atomic E-state index is 0.238. The third-order valence-electron chi connectivity index (χ3n) is 3.80. The molecule has 3 rings (SSSR count). The summed E-state index contributed by atoms with van der Waals surface area (Å²) < 4.78 is 5.99. The zero-order chi connectivity index (χ0) is 15.1. The topological polar surface area (TPSA) is 75.7 Å². The fourth-order valence-corrected chi connectivity index (χ4v) is 3.29. The molecule has 3 amide bonds. The number of rotatable bonds is 2. The molecule has 110 valence electrons. The van der Waals surface area contributed by atoms with E-state index in [1.807, 2.05) is 12.1 Å². The quantitative estimate of drug-likeness (QED) is 0.812. The van der Waals surface area contributed by atoms with Gasteiger partial charge in [0.05, 0.1) is 17.1 Å². The minimum atomic E-state index is -0.605. The number of fused-ring (bicyclic) bond motifs is 1. The maximum atomic E-state index is 12.6. The third kappa shape index (κ3) is 2.21. The van der Waals surface area contributed by atoms with E-state index in [0.29, 0.717) is 28.8 Å². The normalized spacial score (nSPS) is 21.3. The molecule has 6 nitrogen and oxygen atoms in total. The van der Waals surface area contributed by atoms with Gasteiger partial charge in [0, 0.05) is 13.0 Å². The fourth-order valence-electron chi connectivity index (χ4n) is 2.79. The van der Waals surface area contributed by atoms with Gasteiger partial charge in [-0.25, -0.2) is 0 Å². The highest BCUT2D eigenvalue weighted by Crippen LogP contribution is 2.38. The molecule has 2 aliphatic heterocycles. The third-order valence-corrected chi connectivity index (χ3v) is 4.43. The van der Waals surface area contributed by atoms with Crippen LogP contribution in [-0.4, -0.2) is 35.8 Å². The number of piperidine rings is 1. The summed E-state index contributed by atoms with van der Waals surface area (Å²) in [7, 11) is 1.50. The van der Waals surface area contributed by atoms with Crippen LogP contribution in [0.15, 0.2) is 16.6 Å². The number of nitrogens with zero attached hydrogens (tertiary/aromatic N) is 1. The summed E-state index contributed by atoms with van der Waals surface area (Å²) in [6, 6.07) is 3.05. The van der Waals surface area contributed by atoms with Crippen LogP contribution in [0.5, 0.6) is 5.75 Å². The monoisotopic (exact) mass is 352 g/mol. The summed E-state index contributed by atoms with van der Waals surface area (Å²) in [4.78, 5) is 37.3. The van der Waals surface area contributed by atoms with Crippen LogP contribution >= 0.6 is 15.9 Å². The largest absolute Gasteiger partial charge is 0.495 e. The molecule has 1 fully saturated rings. The summed E-state index contributed by atoms with van der Waals surface area (Å²) in [5.41, 5.74) is 1.31. The van der Waals surface area contributed by atoms with Crippen molar-refractivity contribution in [3.8, 4) is 5.75 Å². The first-order valence-electron chi connectivity index (χ1n) is 6.53. The Hall–Kier alpha value is -1.89. The van der Waals surface area contributed by atoms with Gasteiger partial charge in [0.2, 0.25) is 11.8 Å². The smallest absolute Gasteiger partial charge is 0.259 e. The van der Waals surface area contributed by atoms with Crippen LogP contribution in [-0.2, 0) is 16.1 Å². The number of imide groups is 1. The molecule has 0 aliphatic carbocycles. The maximum absolute atomic E-state index is 12.6. The number of nitrogens with one attached hydrogen (secondary N) is 1. The number of benzene rings is 1. The molecule has 21 heavy (non-hydrogen) atoms. The Morgan fingerprint density at radius 1 is 1.33 bits per heavy atom. The van der Waals surface area contributed by atoms with Crippen LogP contribution in [0.3, 0.4) is 0 Å². The molecule has 0 aromatic heterocycles. The van der Waals surface area contributed by atoms with E-state index in [-0.39, 0.29) is 18.2 Å². The van der Waals surface area contributed by atoms with Crippen LogP contribution in [0.2, 0.25) is 0 Å². The van der Waals surface area contributed by atoms with Crippen LogP contribution in [0.25, 0.3) is 0 Å². The standard InChI is InChI=1S/C14H13BrN2O4/c1-21-12-8(15)3-2-7-6-17(14(20)11(7)12)9-4-5-10(18)16-13(9)19/h2-3,9H,4-6H2,1H3,(H,16,18,19). The molecular formula is C14H13BrN2O4. The SMILES string of the molecule is COc1c(Br)ccc2c1C(=O)N(C1CCC(=O)NC1=O)C2. The number of halogens is 1. The van der Waals surface area contributed by atoms with E-state index < -0.39 is 11.9 Å². The average molecular weight is 353 g/mol. The lowest BCUT2D eigenvalue weighted by Gasteiger charge is -2.29. The lowest BCUT2D eigenvalue weighted by molar-refractivity contribution is -0.136. The van der Waals surface area contributed by atoms with Crippen molar-refractivity contribution in [1.82, 2.24) is 10.2 Å². The fraction of sp³-hybridized carbons (Fsp3) is 0.357. The molecular weight excluding hydrogens is 340 g/mol. The predicted molar refractivity (Wildman–Crippen MR) is 76.7 cm³/mol. The first-order chi connectivity index (χ1) is 10.0. The lowest BCUT2D eigenvalue weighted by Crippen LogP contribution is -2.52. The second-order valence-corrected chi connectivity index (χ2v) is 5.87. The van der Waals surface area contributed by atoms with Gasteiger partial charge in [-0.3, -0.25) is 19.7 Å². The van der Waals surface area contributed by atoms with Crippen molar-refractivity contribution < 1.29 is 19.1 Å². The number of carbonyl (C=O) groups is 3. The first-order valence-corrected chi connectivity index (χ1v) is 7.32. The zero-order valence-electron chi connectivity index (χ0n) is 11.3. The van der Waals surface area contributed by atoms with Crippen molar-refractivity contribution in [1.29, 1.82) is 0 Å². The lowest BCUT2D eigenvalue weighted by atomic mass is 10.0. The van der Waals surface area contributed by atoms with Crippen molar-refractivity contribution in [3.05, 3.63) is 27.7 Å². The molecule has 0 spiro atoms. The van der Waals surface area contributed by atoms with Crippen molar-refractivity contribution in [3.63, 3.8) is 0 Å². The van der Waals surface area contributed by atoms with Crippen molar-refractivity contribution in [2.45, 2.75) is 25.4 Å². The van der Waals surface area contributed by atoms with E-state index in [2.05, 4.69) is 21.2 Å². The number of hydrogen-bond acceptors (Lipinski definition) is 4. The molecule has 2 heterocycles. The number of carbonyl (C=O) groups excluding carboxylic acids is 3. The Bertz CT molecular complexity index is 659. The summed E-state index contributed by atoms with van der Waals surface area (Å²) in [5, 5.41) is 2.28. The minimum Gasteiger partial charge on any atom is -0.495 e. The van der Waals surface area contributed by atoms with Crippen LogP contribution in [0, 0.1) is 0 Å². The van der Waals surface area contributed by atoms with E-state index in [1.54, 1.807) is 0 Å². The predicted octanol–water partition coefficient (Wildman–Crippen LogP) is 1.22. The van der Waals surface area contributed by atoms with Gasteiger partial charge in [0.1, 0.15) is 11.8 Å². The molecule has 1 saturated heterocycles. The van der Waals surface area contributed by atoms with Crippen molar-refractivity contribution in [2.24, 2.45) is 0 Å². The summed E-state index contributed by atoms with van der Waals surface area (Å²) >= 11 is 3.35. The van der Waals surface area contributed by atoms with Crippen LogP contribution < -0.4 is 10.1 Å². The molecule has 1 N–H and O–H groups in total. The van der Waals surface area contributed by atoms with E-state index in [9.17, 15) is 14.4 Å². The Kier molecular flexibility index (Phi) is 3.44. The molecule has 1 aromatic rings. The van der Waals surface area contributed by atoms with E-state index in [1.165, 1.54) is 12.0 Å². The van der Waals surface area contributed by atoms with Crippen molar-refractivity contribution in [2.75, 3.05) is 7.11 Å². The van der Waals surface area contributed by atoms with E-state index in [4.69, 9.17) is 4.74 Å². The number of methoxy groups -OCH3 is 1. The molecule has 7 heteroatoms. The molecule has 0 saturated carbocycles. The summed E-state index contributed by atoms with van der Waals surface area (Å²) in [6.45, 7) is 0.351. The Morgan fingerprint density at radius 3 is 2.76 bits per heavy atom. The summed E-state index contributed by atoms with van der Waals surface area (Å²) in [6.07, 6.45) is 0.602. The van der Waals surface area contributed by atoms with Gasteiger partial charge in [-0.05, 0) is 34.0 Å². The van der Waals surface area contributed by atoms with Gasteiger partial charge >= 0.3 is 0 Å². The number of amides is 3. The molecule has 0 bridgehead atoms. The molecule has 0 radical (unpaired) electrons. The first kappa shape index (κ1) is 14.1. The molecule has 1 aromatic carbocycles. The summed E-state index contributed by atoms with van der Waals surface area (Å²) in [5.74, 6) is -0.462. The molecule has 1 unspecified atom stereocenters.